The predicted octanol–water partition coefficient (Wildman–Crippen LogP) is 2.50. The van der Waals surface area contributed by atoms with Gasteiger partial charge >= 0.3 is 0 Å². The van der Waals surface area contributed by atoms with Crippen LogP contribution in [0.5, 0.6) is 5.75 Å². The summed E-state index contributed by atoms with van der Waals surface area (Å²) in [5, 5.41) is 4.66. The van der Waals surface area contributed by atoms with Crippen molar-refractivity contribution in [2.24, 2.45) is 0 Å². The van der Waals surface area contributed by atoms with Gasteiger partial charge in [0, 0.05) is 6.20 Å². The van der Waals surface area contributed by atoms with E-state index >= 15 is 0 Å². The predicted molar refractivity (Wildman–Crippen MR) is 75.7 cm³/mol. The smallest absolute Gasteiger partial charge is 0.254 e. The van der Waals surface area contributed by atoms with Crippen molar-refractivity contribution < 1.29 is 4.74 Å². The topological polar surface area (TPSA) is 78.3 Å². The first kappa shape index (κ1) is 12.7. The van der Waals surface area contributed by atoms with Gasteiger partial charge in [-0.15, -0.1) is 5.10 Å². The molecule has 1 unspecified atom stereocenters. The zero-order chi connectivity index (χ0) is 14.1. The Morgan fingerprint density at radius 2 is 2.10 bits per heavy atom. The molecule has 2 N–H and O–H groups in total. The molecule has 102 valence electrons. The Balaban J connectivity index is 1.97. The van der Waals surface area contributed by atoms with E-state index in [2.05, 4.69) is 15.1 Å². The molecule has 1 aromatic carbocycles. The summed E-state index contributed by atoms with van der Waals surface area (Å²) in [6, 6.07) is 9.11. The number of halogens is 1. The molecule has 6 nitrogen and oxygen atoms in total. The van der Waals surface area contributed by atoms with Crippen LogP contribution in [0, 0.1) is 0 Å². The lowest BCUT2D eigenvalue weighted by Crippen LogP contribution is -2.10. The van der Waals surface area contributed by atoms with E-state index in [0.29, 0.717) is 16.5 Å². The lowest BCUT2D eigenvalue weighted by Gasteiger charge is -2.16. The third-order valence-electron chi connectivity index (χ3n) is 2.84. The highest BCUT2D eigenvalue weighted by Crippen LogP contribution is 2.28. The SMILES string of the molecule is CC(Oc1ccccc1Cl)c1ccnc2nc(N)nn12. The lowest BCUT2D eigenvalue weighted by atomic mass is 10.2. The number of ether oxygens (including phenoxy) is 1. The first-order chi connectivity index (χ1) is 9.65. The van der Waals surface area contributed by atoms with Gasteiger partial charge in [0.15, 0.2) is 0 Å². The van der Waals surface area contributed by atoms with Gasteiger partial charge in [0.2, 0.25) is 5.95 Å². The Kier molecular flexibility index (Phi) is 3.15. The summed E-state index contributed by atoms with van der Waals surface area (Å²) in [6.07, 6.45) is 1.37. The maximum Gasteiger partial charge on any atom is 0.254 e. The third-order valence-corrected chi connectivity index (χ3v) is 3.16. The first-order valence-electron chi connectivity index (χ1n) is 6.03. The number of nitrogen functional groups attached to an aromatic ring is 1. The molecule has 2 heterocycles. The average Bonchev–Trinajstić information content (AvgIpc) is 2.81. The molecule has 0 amide bonds. The van der Waals surface area contributed by atoms with E-state index in [1.165, 1.54) is 0 Å². The molecule has 0 bridgehead atoms. The van der Waals surface area contributed by atoms with Crippen molar-refractivity contribution in [3.63, 3.8) is 0 Å². The van der Waals surface area contributed by atoms with Crippen LogP contribution in [0.4, 0.5) is 5.95 Å². The van der Waals surface area contributed by atoms with Gasteiger partial charge in [-0.2, -0.15) is 9.50 Å². The van der Waals surface area contributed by atoms with Gasteiger partial charge in [-0.25, -0.2) is 4.98 Å². The van der Waals surface area contributed by atoms with Gasteiger partial charge in [-0.05, 0) is 25.1 Å². The molecule has 0 aliphatic carbocycles. The van der Waals surface area contributed by atoms with Crippen molar-refractivity contribution in [2.75, 3.05) is 5.73 Å². The van der Waals surface area contributed by atoms with Crippen LogP contribution < -0.4 is 10.5 Å². The number of para-hydroxylation sites is 1. The zero-order valence-electron chi connectivity index (χ0n) is 10.7. The number of hydrogen-bond donors (Lipinski definition) is 1. The molecular weight excluding hydrogens is 278 g/mol. The van der Waals surface area contributed by atoms with Gasteiger partial charge in [-0.3, -0.25) is 0 Å². The van der Waals surface area contributed by atoms with Gasteiger partial charge in [0.25, 0.3) is 5.78 Å². The highest BCUT2D eigenvalue weighted by molar-refractivity contribution is 6.32. The largest absolute Gasteiger partial charge is 0.483 e. The van der Waals surface area contributed by atoms with Crippen molar-refractivity contribution in [3.05, 3.63) is 47.2 Å². The molecule has 1 atom stereocenters. The van der Waals surface area contributed by atoms with Crippen molar-refractivity contribution in [1.29, 1.82) is 0 Å². The number of hydrogen-bond acceptors (Lipinski definition) is 5. The summed E-state index contributed by atoms with van der Waals surface area (Å²) in [5.41, 5.74) is 6.38. The maximum absolute atomic E-state index is 6.09. The number of nitrogens with zero attached hydrogens (tertiary/aromatic N) is 4. The molecule has 2 aromatic heterocycles. The number of benzene rings is 1. The Bertz CT molecular complexity index is 757. The minimum Gasteiger partial charge on any atom is -0.483 e. The fourth-order valence-corrected chi connectivity index (χ4v) is 2.11. The quantitative estimate of drug-likeness (QED) is 0.801. The normalized spacial score (nSPS) is 12.5. The summed E-state index contributed by atoms with van der Waals surface area (Å²) in [5.74, 6) is 1.23. The van der Waals surface area contributed by atoms with E-state index in [1.807, 2.05) is 31.2 Å². The minimum absolute atomic E-state index is 0.176. The highest BCUT2D eigenvalue weighted by atomic mass is 35.5. The molecule has 20 heavy (non-hydrogen) atoms. The van der Waals surface area contributed by atoms with Crippen molar-refractivity contribution in [2.45, 2.75) is 13.0 Å². The number of anilines is 1. The van der Waals surface area contributed by atoms with Crippen LogP contribution in [0.3, 0.4) is 0 Å². The molecule has 0 saturated carbocycles. The number of fused-ring (bicyclic) bond motifs is 1. The van der Waals surface area contributed by atoms with Gasteiger partial charge in [0.05, 0.1) is 10.7 Å². The van der Waals surface area contributed by atoms with Crippen LogP contribution in [0.25, 0.3) is 5.78 Å². The minimum atomic E-state index is -0.276. The van der Waals surface area contributed by atoms with Gasteiger partial charge < -0.3 is 10.5 Å². The Labute approximate surface area is 120 Å². The Morgan fingerprint density at radius 3 is 2.90 bits per heavy atom. The maximum atomic E-state index is 6.09. The molecule has 0 fully saturated rings. The summed E-state index contributed by atoms with van der Waals surface area (Å²) < 4.78 is 7.43. The molecule has 3 rings (SSSR count). The molecule has 0 radical (unpaired) electrons. The highest BCUT2D eigenvalue weighted by Gasteiger charge is 2.15. The first-order valence-corrected chi connectivity index (χ1v) is 6.41. The zero-order valence-corrected chi connectivity index (χ0v) is 11.4. The van der Waals surface area contributed by atoms with Crippen LogP contribution in [-0.4, -0.2) is 19.6 Å². The fourth-order valence-electron chi connectivity index (χ4n) is 1.93. The van der Waals surface area contributed by atoms with E-state index < -0.39 is 0 Å². The second kappa shape index (κ2) is 4.97. The van der Waals surface area contributed by atoms with Crippen LogP contribution in [0.1, 0.15) is 18.7 Å². The van der Waals surface area contributed by atoms with Crippen molar-refractivity contribution in [1.82, 2.24) is 19.6 Å². The van der Waals surface area contributed by atoms with E-state index in [-0.39, 0.29) is 12.1 Å². The van der Waals surface area contributed by atoms with Gasteiger partial charge in [0.1, 0.15) is 11.9 Å². The van der Waals surface area contributed by atoms with Crippen LogP contribution in [-0.2, 0) is 0 Å². The lowest BCUT2D eigenvalue weighted by molar-refractivity contribution is 0.219. The molecule has 3 aromatic rings. The molecule has 0 spiro atoms. The molecule has 0 aliphatic rings. The summed E-state index contributed by atoms with van der Waals surface area (Å²) in [4.78, 5) is 8.12. The van der Waals surface area contributed by atoms with Gasteiger partial charge in [-0.1, -0.05) is 23.7 Å². The number of rotatable bonds is 3. The molecule has 0 saturated heterocycles. The van der Waals surface area contributed by atoms with E-state index in [9.17, 15) is 0 Å². The Morgan fingerprint density at radius 1 is 1.30 bits per heavy atom. The number of aromatic nitrogens is 4. The van der Waals surface area contributed by atoms with E-state index in [0.717, 1.165) is 5.69 Å². The summed E-state index contributed by atoms with van der Waals surface area (Å²) >= 11 is 6.09. The summed E-state index contributed by atoms with van der Waals surface area (Å²) in [6.45, 7) is 1.90. The molecular formula is C13H12ClN5O. The van der Waals surface area contributed by atoms with Crippen molar-refractivity contribution >= 4 is 23.3 Å². The second-order valence-electron chi connectivity index (χ2n) is 4.24. The van der Waals surface area contributed by atoms with Crippen molar-refractivity contribution in [3.8, 4) is 5.75 Å². The Hall–Kier alpha value is -2.34. The van der Waals surface area contributed by atoms with Crippen LogP contribution >= 0.6 is 11.6 Å². The standard InChI is InChI=1S/C13H12ClN5O/c1-8(20-11-5-3-2-4-9(11)14)10-6-7-16-13-17-12(15)18-19(10)13/h2-8H,1H3,(H2,15,18). The fraction of sp³-hybridized carbons (Fsp3) is 0.154. The molecule has 7 heteroatoms. The van der Waals surface area contributed by atoms with Crippen LogP contribution in [0.2, 0.25) is 5.02 Å². The van der Waals surface area contributed by atoms with E-state index in [1.54, 1.807) is 16.8 Å². The third kappa shape index (κ3) is 2.25. The molecule has 0 aliphatic heterocycles. The number of nitrogens with two attached hydrogens (primary N) is 1. The van der Waals surface area contributed by atoms with E-state index in [4.69, 9.17) is 22.1 Å². The average molecular weight is 290 g/mol. The second-order valence-corrected chi connectivity index (χ2v) is 4.65. The summed E-state index contributed by atoms with van der Waals surface area (Å²) in [7, 11) is 0. The van der Waals surface area contributed by atoms with Crippen LogP contribution in [0.15, 0.2) is 36.5 Å². The monoisotopic (exact) mass is 289 g/mol.